The fourth-order valence-electron chi connectivity index (χ4n) is 3.59. The van der Waals surface area contributed by atoms with Crippen molar-refractivity contribution in [2.24, 2.45) is 0 Å². The number of allylic oxidation sites excluding steroid dienone is 1. The largest absolute Gasteiger partial charge is 0.444 e. The monoisotopic (exact) mass is 367 g/mol. The molecule has 2 aliphatic rings. The molecule has 1 saturated heterocycles. The summed E-state index contributed by atoms with van der Waals surface area (Å²) in [5.74, 6) is 0. The zero-order valence-electron chi connectivity index (χ0n) is 17.7. The number of amides is 1. The second-order valence-corrected chi connectivity index (χ2v) is 15.1. The van der Waals surface area contributed by atoms with Gasteiger partial charge in [-0.15, -0.1) is 0 Å². The molecule has 5 heteroatoms. The number of nitrogens with zero attached hydrogens (tertiary/aromatic N) is 1. The molecule has 1 spiro atoms. The molecule has 0 bridgehead atoms. The van der Waals surface area contributed by atoms with Gasteiger partial charge in [-0.1, -0.05) is 32.4 Å². The van der Waals surface area contributed by atoms with Crippen molar-refractivity contribution < 1.29 is 14.0 Å². The lowest BCUT2D eigenvalue weighted by Crippen LogP contribution is -2.47. The molecule has 1 heterocycles. The first kappa shape index (κ1) is 20.5. The van der Waals surface area contributed by atoms with Gasteiger partial charge in [0.1, 0.15) is 5.60 Å². The Labute approximate surface area is 155 Å². The van der Waals surface area contributed by atoms with E-state index in [1.165, 1.54) is 5.57 Å². The molecule has 0 aromatic rings. The second-order valence-electron chi connectivity index (χ2n) is 10.4. The fourth-order valence-corrected chi connectivity index (χ4v) is 4.94. The number of carbonyl (C=O) groups excluding carboxylic acids is 1. The molecule has 0 aromatic heterocycles. The van der Waals surface area contributed by atoms with Crippen LogP contribution < -0.4 is 0 Å². The lowest BCUT2D eigenvalue weighted by Gasteiger charge is -2.38. The standard InChI is InChI=1S/C20H37NO3Si/c1-15-10-11-20(12-15)13-16(24-25(8,9)19(5,6)7)14-21(20)17(22)23-18(2,3)4/h12,16H,10-11,13-14H2,1-9H3/t16-,20-/m1/s1. The Morgan fingerprint density at radius 1 is 1.24 bits per heavy atom. The average molecular weight is 368 g/mol. The first-order valence-electron chi connectivity index (χ1n) is 9.52. The van der Waals surface area contributed by atoms with Crippen LogP contribution in [0.25, 0.3) is 0 Å². The van der Waals surface area contributed by atoms with E-state index in [-0.39, 0.29) is 22.8 Å². The van der Waals surface area contributed by atoms with Crippen LogP contribution in [0, 0.1) is 0 Å². The Bertz CT molecular complexity index is 556. The van der Waals surface area contributed by atoms with Gasteiger partial charge in [0.05, 0.1) is 11.6 Å². The zero-order valence-corrected chi connectivity index (χ0v) is 18.7. The van der Waals surface area contributed by atoms with Crippen molar-refractivity contribution >= 4 is 14.4 Å². The summed E-state index contributed by atoms with van der Waals surface area (Å²) in [6, 6.07) is 0. The number of hydrogen-bond donors (Lipinski definition) is 0. The highest BCUT2D eigenvalue weighted by molar-refractivity contribution is 6.74. The molecule has 2 rings (SSSR count). The Kier molecular flexibility index (Phi) is 5.26. The molecule has 1 amide bonds. The van der Waals surface area contributed by atoms with Crippen molar-refractivity contribution in [3.05, 3.63) is 11.6 Å². The van der Waals surface area contributed by atoms with Crippen LogP contribution in [0.2, 0.25) is 18.1 Å². The first-order chi connectivity index (χ1) is 11.2. The molecule has 0 saturated carbocycles. The number of rotatable bonds is 2. The average Bonchev–Trinajstić information content (AvgIpc) is 2.89. The third kappa shape index (κ3) is 4.48. The Hall–Kier alpha value is -0.813. The molecule has 1 aliphatic heterocycles. The van der Waals surface area contributed by atoms with Gasteiger partial charge in [-0.2, -0.15) is 0 Å². The van der Waals surface area contributed by atoms with Crippen LogP contribution in [0.1, 0.15) is 67.7 Å². The molecule has 1 aliphatic carbocycles. The van der Waals surface area contributed by atoms with Crippen molar-refractivity contribution in [2.45, 2.75) is 103 Å². The molecule has 0 unspecified atom stereocenters. The van der Waals surface area contributed by atoms with Gasteiger partial charge in [0.2, 0.25) is 0 Å². The molecule has 1 fully saturated rings. The van der Waals surface area contributed by atoms with Crippen molar-refractivity contribution in [3.8, 4) is 0 Å². The molecule has 0 radical (unpaired) electrons. The fraction of sp³-hybridized carbons (Fsp3) is 0.850. The predicted octanol–water partition coefficient (Wildman–Crippen LogP) is 5.50. The highest BCUT2D eigenvalue weighted by Gasteiger charge is 2.52. The minimum absolute atomic E-state index is 0.0931. The molecular weight excluding hydrogens is 330 g/mol. The van der Waals surface area contributed by atoms with E-state index >= 15 is 0 Å². The summed E-state index contributed by atoms with van der Waals surface area (Å²) in [4.78, 5) is 14.8. The van der Waals surface area contributed by atoms with Crippen LogP contribution in [0.5, 0.6) is 0 Å². The highest BCUT2D eigenvalue weighted by Crippen LogP contribution is 2.45. The molecular formula is C20H37NO3Si. The first-order valence-corrected chi connectivity index (χ1v) is 12.4. The van der Waals surface area contributed by atoms with E-state index in [0.29, 0.717) is 6.54 Å². The summed E-state index contributed by atoms with van der Waals surface area (Å²) in [5, 5.41) is 0.168. The van der Waals surface area contributed by atoms with E-state index in [9.17, 15) is 4.79 Å². The topological polar surface area (TPSA) is 38.8 Å². The number of ether oxygens (including phenoxy) is 1. The summed E-state index contributed by atoms with van der Waals surface area (Å²) in [7, 11) is -1.87. The molecule has 0 N–H and O–H groups in total. The van der Waals surface area contributed by atoms with Crippen molar-refractivity contribution in [2.75, 3.05) is 6.54 Å². The lowest BCUT2D eigenvalue weighted by molar-refractivity contribution is 0.0137. The van der Waals surface area contributed by atoms with E-state index in [1.807, 2.05) is 25.7 Å². The van der Waals surface area contributed by atoms with E-state index in [2.05, 4.69) is 46.9 Å². The van der Waals surface area contributed by atoms with Crippen LogP contribution in [-0.2, 0) is 9.16 Å². The van der Waals surface area contributed by atoms with Gasteiger partial charge < -0.3 is 9.16 Å². The predicted molar refractivity (Wildman–Crippen MR) is 105 cm³/mol. The van der Waals surface area contributed by atoms with E-state index in [0.717, 1.165) is 19.3 Å². The zero-order chi connectivity index (χ0) is 19.3. The van der Waals surface area contributed by atoms with Crippen LogP contribution in [0.4, 0.5) is 4.79 Å². The van der Waals surface area contributed by atoms with Crippen LogP contribution >= 0.6 is 0 Å². The molecule has 4 nitrogen and oxygen atoms in total. The molecule has 25 heavy (non-hydrogen) atoms. The Balaban J connectivity index is 2.22. The highest BCUT2D eigenvalue weighted by atomic mass is 28.4. The third-order valence-corrected chi connectivity index (χ3v) is 10.4. The van der Waals surface area contributed by atoms with Gasteiger partial charge in [0, 0.05) is 13.0 Å². The van der Waals surface area contributed by atoms with E-state index < -0.39 is 13.9 Å². The van der Waals surface area contributed by atoms with Gasteiger partial charge in [-0.25, -0.2) is 4.79 Å². The van der Waals surface area contributed by atoms with Gasteiger partial charge in [0.25, 0.3) is 0 Å². The smallest absolute Gasteiger partial charge is 0.411 e. The maximum Gasteiger partial charge on any atom is 0.411 e. The molecule has 144 valence electrons. The van der Waals surface area contributed by atoms with Gasteiger partial charge in [-0.05, 0) is 58.7 Å². The summed E-state index contributed by atoms with van der Waals surface area (Å²) in [6.45, 7) is 19.9. The summed E-state index contributed by atoms with van der Waals surface area (Å²) in [6.07, 6.45) is 5.08. The van der Waals surface area contributed by atoms with E-state index in [1.54, 1.807) is 0 Å². The maximum atomic E-state index is 12.9. The Morgan fingerprint density at radius 3 is 2.28 bits per heavy atom. The normalized spacial score (nSPS) is 27.8. The molecule has 0 aromatic carbocycles. The Morgan fingerprint density at radius 2 is 1.84 bits per heavy atom. The van der Waals surface area contributed by atoms with Crippen molar-refractivity contribution in [3.63, 3.8) is 0 Å². The quantitative estimate of drug-likeness (QED) is 0.478. The summed E-state index contributed by atoms with van der Waals surface area (Å²) >= 11 is 0. The van der Waals surface area contributed by atoms with Crippen LogP contribution in [0.15, 0.2) is 11.6 Å². The minimum Gasteiger partial charge on any atom is -0.444 e. The van der Waals surface area contributed by atoms with Gasteiger partial charge in [0.15, 0.2) is 8.32 Å². The number of likely N-dealkylation sites (tertiary alicyclic amines) is 1. The second kappa shape index (κ2) is 6.41. The van der Waals surface area contributed by atoms with E-state index in [4.69, 9.17) is 9.16 Å². The van der Waals surface area contributed by atoms with Crippen LogP contribution in [0.3, 0.4) is 0 Å². The lowest BCUT2D eigenvalue weighted by atomic mass is 9.95. The maximum absolute atomic E-state index is 12.9. The summed E-state index contributed by atoms with van der Waals surface area (Å²) in [5.41, 5.74) is 0.662. The van der Waals surface area contributed by atoms with Crippen molar-refractivity contribution in [1.82, 2.24) is 4.90 Å². The minimum atomic E-state index is -1.87. The van der Waals surface area contributed by atoms with Gasteiger partial charge in [-0.3, -0.25) is 4.90 Å². The van der Waals surface area contributed by atoms with Gasteiger partial charge >= 0.3 is 6.09 Å². The van der Waals surface area contributed by atoms with Crippen molar-refractivity contribution in [1.29, 1.82) is 0 Å². The molecule has 2 atom stereocenters. The number of carbonyl (C=O) groups is 1. The van der Waals surface area contributed by atoms with Crippen LogP contribution in [-0.4, -0.2) is 43.1 Å². The number of hydrogen-bond acceptors (Lipinski definition) is 3. The SMILES string of the molecule is CC1=C[C@]2(CC1)C[C@@H](O[Si](C)(C)C(C)(C)C)CN2C(=O)OC(C)(C)C. The summed E-state index contributed by atoms with van der Waals surface area (Å²) < 4.78 is 12.4. The third-order valence-electron chi connectivity index (χ3n) is 5.85.